The van der Waals surface area contributed by atoms with Gasteiger partial charge in [0.15, 0.2) is 0 Å². The van der Waals surface area contributed by atoms with Crippen LogP contribution < -0.4 is 10.5 Å². The monoisotopic (exact) mass is 294 g/mol. The fourth-order valence-corrected chi connectivity index (χ4v) is 4.15. The van der Waals surface area contributed by atoms with E-state index < -0.39 is 5.54 Å². The summed E-state index contributed by atoms with van der Waals surface area (Å²) in [5, 5.41) is 0. The number of nitrogens with one attached hydrogen (secondary N) is 1. The number of rotatable bonds is 0. The molecule has 1 amide bonds. The van der Waals surface area contributed by atoms with Gasteiger partial charge in [0.25, 0.3) is 5.91 Å². The summed E-state index contributed by atoms with van der Waals surface area (Å²) in [6.45, 7) is 0. The van der Waals surface area contributed by atoms with E-state index in [-0.39, 0.29) is 11.8 Å². The van der Waals surface area contributed by atoms with E-state index in [4.69, 9.17) is 5.73 Å². The van der Waals surface area contributed by atoms with Crippen LogP contribution in [0.4, 0.5) is 0 Å². The maximum atomic E-state index is 12.2. The van der Waals surface area contributed by atoms with Gasteiger partial charge in [-0.05, 0) is 50.5 Å². The highest BCUT2D eigenvalue weighted by atomic mass is 32.2. The number of hydrogen-bond acceptors (Lipinski definition) is 3. The van der Waals surface area contributed by atoms with Gasteiger partial charge in [0.1, 0.15) is 5.54 Å². The highest BCUT2D eigenvalue weighted by Gasteiger charge is 2.56. The number of allylic oxidation sites excluding steroid dienone is 1. The van der Waals surface area contributed by atoms with E-state index >= 15 is 0 Å². The van der Waals surface area contributed by atoms with Gasteiger partial charge in [-0.25, -0.2) is 0 Å². The molecule has 2 atom stereocenters. The molecule has 20 heavy (non-hydrogen) atoms. The third-order valence-corrected chi connectivity index (χ3v) is 6.35. The van der Waals surface area contributed by atoms with Gasteiger partial charge in [0, 0.05) is 10.7 Å². The second-order valence-corrected chi connectivity index (χ2v) is 8.08. The van der Waals surface area contributed by atoms with Crippen LogP contribution in [0, 0.1) is 5.92 Å². The van der Waals surface area contributed by atoms with Crippen LogP contribution in [0.1, 0.15) is 64.2 Å². The van der Waals surface area contributed by atoms with Crippen molar-refractivity contribution in [3.05, 3.63) is 12.2 Å². The molecule has 2 fully saturated rings. The smallest absolute Gasteiger partial charge is 0.250 e. The van der Waals surface area contributed by atoms with E-state index in [1.54, 1.807) is 11.9 Å². The van der Waals surface area contributed by atoms with E-state index in [2.05, 4.69) is 16.9 Å². The SMILES string of the molecule is N[C@]12C[C@H]1C=CCCCCCCCC1(CC1)SNC2=O. The van der Waals surface area contributed by atoms with Crippen molar-refractivity contribution in [1.29, 1.82) is 0 Å². The van der Waals surface area contributed by atoms with E-state index in [1.807, 2.05) is 0 Å². The van der Waals surface area contributed by atoms with Crippen molar-refractivity contribution in [3.8, 4) is 0 Å². The van der Waals surface area contributed by atoms with E-state index in [0.717, 1.165) is 12.8 Å². The third-order valence-electron chi connectivity index (χ3n) is 5.02. The molecule has 2 aliphatic carbocycles. The van der Waals surface area contributed by atoms with Crippen molar-refractivity contribution in [1.82, 2.24) is 4.72 Å². The van der Waals surface area contributed by atoms with Gasteiger partial charge in [-0.2, -0.15) is 0 Å². The molecule has 4 heteroatoms. The normalized spacial score (nSPS) is 37.5. The van der Waals surface area contributed by atoms with Gasteiger partial charge in [-0.3, -0.25) is 9.52 Å². The van der Waals surface area contributed by atoms with Crippen molar-refractivity contribution >= 4 is 17.9 Å². The summed E-state index contributed by atoms with van der Waals surface area (Å²) in [5.41, 5.74) is 5.58. The van der Waals surface area contributed by atoms with Gasteiger partial charge in [0.05, 0.1) is 0 Å². The molecular formula is C16H26N2OS. The highest BCUT2D eigenvalue weighted by Crippen LogP contribution is 2.52. The van der Waals surface area contributed by atoms with Crippen LogP contribution in [-0.2, 0) is 4.79 Å². The first-order chi connectivity index (χ1) is 9.65. The van der Waals surface area contributed by atoms with Crippen molar-refractivity contribution in [2.45, 2.75) is 74.5 Å². The molecular weight excluding hydrogens is 268 g/mol. The van der Waals surface area contributed by atoms with Crippen molar-refractivity contribution < 1.29 is 4.79 Å². The predicted octanol–water partition coefficient (Wildman–Crippen LogP) is 3.30. The molecule has 3 nitrogen and oxygen atoms in total. The molecule has 2 saturated carbocycles. The Morgan fingerprint density at radius 3 is 2.70 bits per heavy atom. The highest BCUT2D eigenvalue weighted by molar-refractivity contribution is 7.99. The zero-order valence-electron chi connectivity index (χ0n) is 12.2. The maximum absolute atomic E-state index is 12.2. The molecule has 0 aromatic rings. The number of nitrogens with two attached hydrogens (primary N) is 1. The Kier molecular flexibility index (Phi) is 4.14. The van der Waals surface area contributed by atoms with Gasteiger partial charge in [0.2, 0.25) is 0 Å². The first kappa shape index (κ1) is 14.5. The summed E-state index contributed by atoms with van der Waals surface area (Å²) in [6, 6.07) is 0. The minimum absolute atomic E-state index is 0.0401. The van der Waals surface area contributed by atoms with E-state index in [1.165, 1.54) is 51.4 Å². The Hall–Kier alpha value is -0.480. The Labute approximate surface area is 126 Å². The Balaban J connectivity index is 1.59. The molecule has 1 aliphatic heterocycles. The molecule has 112 valence electrons. The largest absolute Gasteiger partial charge is 0.317 e. The summed E-state index contributed by atoms with van der Waals surface area (Å²) in [4.78, 5) is 12.2. The summed E-state index contributed by atoms with van der Waals surface area (Å²) >= 11 is 1.65. The predicted molar refractivity (Wildman–Crippen MR) is 84.2 cm³/mol. The molecule has 0 bridgehead atoms. The first-order valence-corrected chi connectivity index (χ1v) is 8.90. The van der Waals surface area contributed by atoms with Gasteiger partial charge < -0.3 is 5.73 Å². The quantitative estimate of drug-likeness (QED) is 0.532. The molecule has 0 aromatic carbocycles. The van der Waals surface area contributed by atoms with Crippen molar-refractivity contribution in [2.75, 3.05) is 0 Å². The van der Waals surface area contributed by atoms with Gasteiger partial charge in [-0.1, -0.05) is 37.8 Å². The number of carbonyl (C=O) groups is 1. The lowest BCUT2D eigenvalue weighted by Gasteiger charge is -2.17. The van der Waals surface area contributed by atoms with Crippen molar-refractivity contribution in [3.63, 3.8) is 0 Å². The number of amides is 1. The van der Waals surface area contributed by atoms with Gasteiger partial charge >= 0.3 is 0 Å². The van der Waals surface area contributed by atoms with Gasteiger partial charge in [-0.15, -0.1) is 0 Å². The van der Waals surface area contributed by atoms with E-state index in [9.17, 15) is 4.79 Å². The van der Waals surface area contributed by atoms with Crippen LogP contribution in [0.2, 0.25) is 0 Å². The molecule has 0 saturated heterocycles. The third kappa shape index (κ3) is 3.22. The minimum atomic E-state index is -0.625. The molecule has 0 unspecified atom stereocenters. The van der Waals surface area contributed by atoms with Crippen LogP contribution in [-0.4, -0.2) is 16.2 Å². The zero-order valence-corrected chi connectivity index (χ0v) is 13.0. The summed E-state index contributed by atoms with van der Waals surface area (Å²) in [7, 11) is 0. The maximum Gasteiger partial charge on any atom is 0.250 e. The molecule has 1 heterocycles. The Morgan fingerprint density at radius 1 is 1.15 bits per heavy atom. The summed E-state index contributed by atoms with van der Waals surface area (Å²) in [6.07, 6.45) is 16.7. The Bertz CT molecular complexity index is 405. The molecule has 3 rings (SSSR count). The second-order valence-electron chi connectivity index (χ2n) is 6.80. The van der Waals surface area contributed by atoms with Crippen LogP contribution in [0.25, 0.3) is 0 Å². The standard InChI is InChI=1S/C16H26N2OS/c17-16-12-13(16)8-6-4-2-1-3-5-7-9-15(10-11-15)20-18-14(16)19/h6,8,13H,1-5,7,9-12,17H2,(H,18,19)/t13-,16-/m1/s1. The molecule has 0 radical (unpaired) electrons. The fraction of sp³-hybridized carbons (Fsp3) is 0.812. The first-order valence-electron chi connectivity index (χ1n) is 8.09. The topological polar surface area (TPSA) is 55.1 Å². The lowest BCUT2D eigenvalue weighted by Crippen LogP contribution is -2.42. The van der Waals surface area contributed by atoms with Crippen LogP contribution in [0.15, 0.2) is 12.2 Å². The average molecular weight is 294 g/mol. The molecule has 3 aliphatic rings. The van der Waals surface area contributed by atoms with Crippen LogP contribution in [0.5, 0.6) is 0 Å². The molecule has 0 aromatic heterocycles. The van der Waals surface area contributed by atoms with Crippen LogP contribution in [0.3, 0.4) is 0 Å². The second kappa shape index (κ2) is 5.72. The summed E-state index contributed by atoms with van der Waals surface area (Å²) in [5.74, 6) is 0.293. The summed E-state index contributed by atoms with van der Waals surface area (Å²) < 4.78 is 3.40. The number of carbonyl (C=O) groups excluding carboxylic acids is 1. The lowest BCUT2D eigenvalue weighted by molar-refractivity contribution is -0.121. The molecule has 1 spiro atoms. The Morgan fingerprint density at radius 2 is 1.90 bits per heavy atom. The number of hydrogen-bond donors (Lipinski definition) is 2. The van der Waals surface area contributed by atoms with Crippen LogP contribution >= 0.6 is 11.9 Å². The van der Waals surface area contributed by atoms with E-state index in [0.29, 0.717) is 4.75 Å². The average Bonchev–Trinajstić information content (AvgIpc) is 3.33. The number of fused-ring (bicyclic) bond motifs is 1. The zero-order chi connectivity index (χ0) is 14.1. The lowest BCUT2D eigenvalue weighted by atomic mass is 10.1. The fourth-order valence-electron chi connectivity index (χ4n) is 3.10. The minimum Gasteiger partial charge on any atom is -0.317 e. The molecule has 3 N–H and O–H groups in total. The van der Waals surface area contributed by atoms with Crippen molar-refractivity contribution in [2.24, 2.45) is 11.7 Å².